The summed E-state index contributed by atoms with van der Waals surface area (Å²) < 4.78 is 5.25. The standard InChI is InChI=1S/C16H33N3O.HI/c1-16(2,3)9-6-7-10-18-15(17-4)19-11-8-14(12-19)13-20-5;/h14H,6-13H2,1-5H3,(H,17,18);1H. The van der Waals surface area contributed by atoms with Gasteiger partial charge in [0.15, 0.2) is 5.96 Å². The fraction of sp³-hybridized carbons (Fsp3) is 0.938. The number of ether oxygens (including phenoxy) is 1. The number of hydrogen-bond acceptors (Lipinski definition) is 2. The molecule has 21 heavy (non-hydrogen) atoms. The molecule has 1 heterocycles. The van der Waals surface area contributed by atoms with Crippen LogP contribution in [-0.4, -0.2) is 51.3 Å². The lowest BCUT2D eigenvalue weighted by molar-refractivity contribution is 0.157. The van der Waals surface area contributed by atoms with Gasteiger partial charge in [-0.1, -0.05) is 27.2 Å². The van der Waals surface area contributed by atoms with E-state index < -0.39 is 0 Å². The number of guanidine groups is 1. The number of rotatable bonds is 6. The van der Waals surface area contributed by atoms with Crippen molar-refractivity contribution in [3.8, 4) is 0 Å². The number of nitrogens with zero attached hydrogens (tertiary/aromatic N) is 2. The Balaban J connectivity index is 0.00000400. The Kier molecular flexibility index (Phi) is 10.6. The monoisotopic (exact) mass is 411 g/mol. The number of hydrogen-bond donors (Lipinski definition) is 1. The van der Waals surface area contributed by atoms with Crippen LogP contribution in [0.1, 0.15) is 46.5 Å². The normalized spacial score (nSPS) is 19.6. The van der Waals surface area contributed by atoms with E-state index in [9.17, 15) is 0 Å². The van der Waals surface area contributed by atoms with Crippen LogP contribution in [-0.2, 0) is 4.74 Å². The van der Waals surface area contributed by atoms with Gasteiger partial charge >= 0.3 is 0 Å². The molecule has 1 aliphatic rings. The summed E-state index contributed by atoms with van der Waals surface area (Å²) >= 11 is 0. The molecule has 126 valence electrons. The van der Waals surface area contributed by atoms with Crippen LogP contribution < -0.4 is 5.32 Å². The molecule has 4 nitrogen and oxygen atoms in total. The van der Waals surface area contributed by atoms with Crippen LogP contribution in [0.3, 0.4) is 0 Å². The third kappa shape index (κ3) is 8.86. The Hall–Kier alpha value is -0.0400. The topological polar surface area (TPSA) is 36.9 Å². The largest absolute Gasteiger partial charge is 0.384 e. The molecule has 0 amide bonds. The molecule has 0 bridgehead atoms. The first-order valence-electron chi connectivity index (χ1n) is 7.91. The van der Waals surface area contributed by atoms with Gasteiger partial charge in [-0.25, -0.2) is 0 Å². The van der Waals surface area contributed by atoms with E-state index in [1.165, 1.54) is 25.7 Å². The molecular formula is C16H34IN3O. The highest BCUT2D eigenvalue weighted by molar-refractivity contribution is 14.0. The number of methoxy groups -OCH3 is 1. The number of nitrogens with one attached hydrogen (secondary N) is 1. The molecule has 0 saturated carbocycles. The number of unbranched alkanes of at least 4 members (excludes halogenated alkanes) is 1. The minimum Gasteiger partial charge on any atom is -0.384 e. The Bertz CT molecular complexity index is 302. The van der Waals surface area contributed by atoms with Gasteiger partial charge in [-0.3, -0.25) is 4.99 Å². The van der Waals surface area contributed by atoms with Crippen LogP contribution in [0, 0.1) is 11.3 Å². The molecule has 5 heteroatoms. The quantitative estimate of drug-likeness (QED) is 0.315. The third-order valence-corrected chi connectivity index (χ3v) is 3.84. The van der Waals surface area contributed by atoms with Crippen molar-refractivity contribution in [1.29, 1.82) is 0 Å². The first-order chi connectivity index (χ1) is 9.46. The van der Waals surface area contributed by atoms with Gasteiger partial charge in [-0.2, -0.15) is 0 Å². The molecule has 0 radical (unpaired) electrons. The van der Waals surface area contributed by atoms with Gasteiger partial charge in [-0.05, 0) is 24.7 Å². The van der Waals surface area contributed by atoms with Crippen LogP contribution in [0.5, 0.6) is 0 Å². The molecule has 1 unspecified atom stereocenters. The molecule has 1 aliphatic heterocycles. The first kappa shape index (κ1) is 21.0. The summed E-state index contributed by atoms with van der Waals surface area (Å²) in [6.07, 6.45) is 4.98. The predicted octanol–water partition coefficient (Wildman–Crippen LogP) is 3.36. The van der Waals surface area contributed by atoms with E-state index in [4.69, 9.17) is 4.74 Å². The lowest BCUT2D eigenvalue weighted by Crippen LogP contribution is -2.40. The molecule has 1 fully saturated rings. The zero-order chi connectivity index (χ0) is 15.0. The summed E-state index contributed by atoms with van der Waals surface area (Å²) in [5, 5.41) is 3.50. The average molecular weight is 411 g/mol. The minimum absolute atomic E-state index is 0. The summed E-state index contributed by atoms with van der Waals surface area (Å²) in [5.41, 5.74) is 0.448. The Labute approximate surface area is 148 Å². The summed E-state index contributed by atoms with van der Waals surface area (Å²) in [6.45, 7) is 11.0. The first-order valence-corrected chi connectivity index (χ1v) is 7.91. The van der Waals surface area contributed by atoms with E-state index >= 15 is 0 Å². The molecule has 1 saturated heterocycles. The molecule has 1 rings (SSSR count). The van der Waals surface area contributed by atoms with Crippen molar-refractivity contribution in [2.24, 2.45) is 16.3 Å². The third-order valence-electron chi connectivity index (χ3n) is 3.84. The second-order valence-corrected chi connectivity index (χ2v) is 7.05. The predicted molar refractivity (Wildman–Crippen MR) is 102 cm³/mol. The zero-order valence-electron chi connectivity index (χ0n) is 14.4. The maximum absolute atomic E-state index is 5.25. The van der Waals surface area contributed by atoms with E-state index in [0.717, 1.165) is 32.2 Å². The summed E-state index contributed by atoms with van der Waals surface area (Å²) in [5.74, 6) is 1.71. The zero-order valence-corrected chi connectivity index (χ0v) is 16.8. The second kappa shape index (κ2) is 10.6. The Morgan fingerprint density at radius 1 is 1.33 bits per heavy atom. The van der Waals surface area contributed by atoms with Crippen LogP contribution >= 0.6 is 24.0 Å². The highest BCUT2D eigenvalue weighted by Crippen LogP contribution is 2.21. The van der Waals surface area contributed by atoms with Crippen LogP contribution in [0.2, 0.25) is 0 Å². The van der Waals surface area contributed by atoms with Gasteiger partial charge < -0.3 is 15.0 Å². The van der Waals surface area contributed by atoms with Gasteiger partial charge in [0.05, 0.1) is 6.61 Å². The van der Waals surface area contributed by atoms with Crippen molar-refractivity contribution < 1.29 is 4.74 Å². The lowest BCUT2D eigenvalue weighted by atomic mass is 9.90. The number of aliphatic imine (C=N–C) groups is 1. The number of likely N-dealkylation sites (tertiary alicyclic amines) is 1. The van der Waals surface area contributed by atoms with E-state index in [-0.39, 0.29) is 24.0 Å². The van der Waals surface area contributed by atoms with Gasteiger partial charge in [0.2, 0.25) is 0 Å². The minimum atomic E-state index is 0. The maximum Gasteiger partial charge on any atom is 0.193 e. The molecular weight excluding hydrogens is 377 g/mol. The summed E-state index contributed by atoms with van der Waals surface area (Å²) in [4.78, 5) is 6.76. The van der Waals surface area contributed by atoms with Crippen molar-refractivity contribution in [3.63, 3.8) is 0 Å². The molecule has 1 atom stereocenters. The molecule has 0 aromatic rings. The highest BCUT2D eigenvalue weighted by Gasteiger charge is 2.24. The highest BCUT2D eigenvalue weighted by atomic mass is 127. The van der Waals surface area contributed by atoms with Gasteiger partial charge in [0.25, 0.3) is 0 Å². The molecule has 0 spiro atoms. The molecule has 0 aliphatic carbocycles. The Morgan fingerprint density at radius 2 is 2.05 bits per heavy atom. The summed E-state index contributed by atoms with van der Waals surface area (Å²) in [7, 11) is 3.66. The smallest absolute Gasteiger partial charge is 0.193 e. The van der Waals surface area contributed by atoms with Gasteiger partial charge in [0.1, 0.15) is 0 Å². The summed E-state index contributed by atoms with van der Waals surface area (Å²) in [6, 6.07) is 0. The maximum atomic E-state index is 5.25. The fourth-order valence-corrected chi connectivity index (χ4v) is 2.71. The van der Waals surface area contributed by atoms with E-state index in [0.29, 0.717) is 11.3 Å². The van der Waals surface area contributed by atoms with Crippen LogP contribution in [0.15, 0.2) is 4.99 Å². The Morgan fingerprint density at radius 3 is 2.62 bits per heavy atom. The average Bonchev–Trinajstić information content (AvgIpc) is 2.81. The van der Waals surface area contributed by atoms with Crippen molar-refractivity contribution in [2.75, 3.05) is 40.4 Å². The second-order valence-electron chi connectivity index (χ2n) is 7.05. The van der Waals surface area contributed by atoms with Crippen molar-refractivity contribution in [3.05, 3.63) is 0 Å². The lowest BCUT2D eigenvalue weighted by Gasteiger charge is -2.22. The van der Waals surface area contributed by atoms with Crippen LogP contribution in [0.4, 0.5) is 0 Å². The van der Waals surface area contributed by atoms with E-state index in [2.05, 4.69) is 36.0 Å². The van der Waals surface area contributed by atoms with Gasteiger partial charge in [-0.15, -0.1) is 24.0 Å². The van der Waals surface area contributed by atoms with E-state index in [1.54, 1.807) is 7.11 Å². The van der Waals surface area contributed by atoms with Crippen molar-refractivity contribution in [2.45, 2.75) is 46.5 Å². The van der Waals surface area contributed by atoms with Gasteiger partial charge in [0, 0.05) is 39.7 Å². The van der Waals surface area contributed by atoms with Crippen molar-refractivity contribution >= 4 is 29.9 Å². The number of halogens is 1. The van der Waals surface area contributed by atoms with E-state index in [1.807, 2.05) is 7.05 Å². The SMILES string of the molecule is CN=C(NCCCCC(C)(C)C)N1CCC(COC)C1.I. The van der Waals surface area contributed by atoms with Crippen LogP contribution in [0.25, 0.3) is 0 Å². The van der Waals surface area contributed by atoms with Crippen molar-refractivity contribution in [1.82, 2.24) is 10.2 Å². The molecule has 1 N–H and O–H groups in total. The fourth-order valence-electron chi connectivity index (χ4n) is 2.71. The molecule has 0 aromatic carbocycles. The molecule has 0 aromatic heterocycles.